The van der Waals surface area contributed by atoms with Gasteiger partial charge in [0.2, 0.25) is 5.88 Å². The molecule has 120 valence electrons. The van der Waals surface area contributed by atoms with E-state index in [1.54, 1.807) is 36.7 Å². The third kappa shape index (κ3) is 4.50. The summed E-state index contributed by atoms with van der Waals surface area (Å²) < 4.78 is 5.60. The molecular formula is C17H20N4O2. The van der Waals surface area contributed by atoms with Crippen molar-refractivity contribution in [3.05, 3.63) is 48.4 Å². The van der Waals surface area contributed by atoms with Crippen LogP contribution in [0.25, 0.3) is 0 Å². The maximum absolute atomic E-state index is 12.3. The number of benzene rings is 1. The van der Waals surface area contributed by atoms with Gasteiger partial charge in [-0.05, 0) is 50.0 Å². The number of aromatic nitrogens is 2. The Balaban J connectivity index is 1.58. The van der Waals surface area contributed by atoms with Crippen molar-refractivity contribution < 1.29 is 9.53 Å². The van der Waals surface area contributed by atoms with E-state index in [0.29, 0.717) is 29.7 Å². The Morgan fingerprint density at radius 1 is 1.39 bits per heavy atom. The average molecular weight is 312 g/mol. The van der Waals surface area contributed by atoms with Crippen LogP contribution in [0.15, 0.2) is 42.9 Å². The molecule has 2 aromatic rings. The summed E-state index contributed by atoms with van der Waals surface area (Å²) in [6.45, 7) is 2.74. The number of nitrogens with one attached hydrogen (secondary N) is 2. The molecule has 0 saturated carbocycles. The Kier molecular flexibility index (Phi) is 5.16. The van der Waals surface area contributed by atoms with Gasteiger partial charge in [0.25, 0.3) is 5.91 Å². The lowest BCUT2D eigenvalue weighted by Crippen LogP contribution is -2.38. The number of piperidine rings is 1. The Bertz CT molecular complexity index is 642. The van der Waals surface area contributed by atoms with Crippen LogP contribution in [0.2, 0.25) is 0 Å². The molecule has 1 fully saturated rings. The second-order valence-electron chi connectivity index (χ2n) is 5.60. The first-order valence-electron chi connectivity index (χ1n) is 7.84. The minimum absolute atomic E-state index is 0.0832. The van der Waals surface area contributed by atoms with Crippen molar-refractivity contribution >= 4 is 5.91 Å². The summed E-state index contributed by atoms with van der Waals surface area (Å²) in [4.78, 5) is 20.3. The van der Waals surface area contributed by atoms with E-state index in [2.05, 4.69) is 20.6 Å². The van der Waals surface area contributed by atoms with E-state index < -0.39 is 0 Å². The predicted molar refractivity (Wildman–Crippen MR) is 86.5 cm³/mol. The van der Waals surface area contributed by atoms with Crippen molar-refractivity contribution in [2.75, 3.05) is 19.6 Å². The molecule has 1 aliphatic heterocycles. The molecule has 1 atom stereocenters. The fourth-order valence-electron chi connectivity index (χ4n) is 2.60. The van der Waals surface area contributed by atoms with Gasteiger partial charge in [-0.15, -0.1) is 0 Å². The minimum atomic E-state index is -0.0832. The summed E-state index contributed by atoms with van der Waals surface area (Å²) in [5, 5.41) is 6.35. The van der Waals surface area contributed by atoms with E-state index in [1.807, 2.05) is 0 Å². The Morgan fingerprint density at radius 3 is 3.13 bits per heavy atom. The highest BCUT2D eigenvalue weighted by Crippen LogP contribution is 2.19. The summed E-state index contributed by atoms with van der Waals surface area (Å²) in [5.74, 6) is 1.39. The molecule has 6 nitrogen and oxygen atoms in total. The summed E-state index contributed by atoms with van der Waals surface area (Å²) in [7, 11) is 0. The smallest absolute Gasteiger partial charge is 0.251 e. The largest absolute Gasteiger partial charge is 0.437 e. The SMILES string of the molecule is O=C(NCC1CCCNC1)c1cccc(Oc2cnccn2)c1. The molecule has 0 bridgehead atoms. The van der Waals surface area contributed by atoms with Crippen LogP contribution in [-0.2, 0) is 0 Å². The molecule has 2 heterocycles. The van der Waals surface area contributed by atoms with E-state index in [0.717, 1.165) is 19.5 Å². The van der Waals surface area contributed by atoms with E-state index in [-0.39, 0.29) is 5.91 Å². The zero-order chi connectivity index (χ0) is 15.9. The van der Waals surface area contributed by atoms with Gasteiger partial charge in [0.1, 0.15) is 5.75 Å². The minimum Gasteiger partial charge on any atom is -0.437 e. The number of hydrogen-bond acceptors (Lipinski definition) is 5. The van der Waals surface area contributed by atoms with Crippen molar-refractivity contribution in [1.29, 1.82) is 0 Å². The van der Waals surface area contributed by atoms with Crippen LogP contribution < -0.4 is 15.4 Å². The fraction of sp³-hybridized carbons (Fsp3) is 0.353. The van der Waals surface area contributed by atoms with E-state index in [4.69, 9.17) is 4.74 Å². The first kappa shape index (κ1) is 15.4. The average Bonchev–Trinajstić information content (AvgIpc) is 2.62. The highest BCUT2D eigenvalue weighted by molar-refractivity contribution is 5.94. The van der Waals surface area contributed by atoms with Crippen molar-refractivity contribution in [1.82, 2.24) is 20.6 Å². The number of hydrogen-bond donors (Lipinski definition) is 2. The van der Waals surface area contributed by atoms with Crippen molar-refractivity contribution in [3.8, 4) is 11.6 Å². The number of amides is 1. The molecule has 6 heteroatoms. The van der Waals surface area contributed by atoms with Crippen LogP contribution >= 0.6 is 0 Å². The molecule has 0 aliphatic carbocycles. The summed E-state index contributed by atoms with van der Waals surface area (Å²) in [5.41, 5.74) is 0.579. The van der Waals surface area contributed by atoms with Gasteiger partial charge in [-0.25, -0.2) is 4.98 Å². The summed E-state index contributed by atoms with van der Waals surface area (Å²) in [6, 6.07) is 7.07. The third-order valence-corrected chi connectivity index (χ3v) is 3.81. The van der Waals surface area contributed by atoms with Crippen LogP contribution in [0.1, 0.15) is 23.2 Å². The van der Waals surface area contributed by atoms with Gasteiger partial charge in [0, 0.05) is 24.5 Å². The summed E-state index contributed by atoms with van der Waals surface area (Å²) >= 11 is 0. The number of nitrogens with zero attached hydrogens (tertiary/aromatic N) is 2. The quantitative estimate of drug-likeness (QED) is 0.883. The fourth-order valence-corrected chi connectivity index (χ4v) is 2.60. The second kappa shape index (κ2) is 7.69. The molecule has 1 aliphatic rings. The molecule has 1 unspecified atom stereocenters. The molecule has 1 amide bonds. The normalized spacial score (nSPS) is 17.5. The molecule has 1 aromatic carbocycles. The monoisotopic (exact) mass is 312 g/mol. The van der Waals surface area contributed by atoms with Gasteiger partial charge in [-0.2, -0.15) is 0 Å². The Labute approximate surface area is 135 Å². The first-order chi connectivity index (χ1) is 11.3. The lowest BCUT2D eigenvalue weighted by Gasteiger charge is -2.22. The first-order valence-corrected chi connectivity index (χ1v) is 7.84. The van der Waals surface area contributed by atoms with Gasteiger partial charge in [0.15, 0.2) is 0 Å². The van der Waals surface area contributed by atoms with Crippen LogP contribution in [0.3, 0.4) is 0 Å². The van der Waals surface area contributed by atoms with E-state index in [9.17, 15) is 4.79 Å². The van der Waals surface area contributed by atoms with Gasteiger partial charge >= 0.3 is 0 Å². The topological polar surface area (TPSA) is 76.1 Å². The highest BCUT2D eigenvalue weighted by atomic mass is 16.5. The zero-order valence-electron chi connectivity index (χ0n) is 12.9. The van der Waals surface area contributed by atoms with E-state index >= 15 is 0 Å². The Morgan fingerprint density at radius 2 is 2.35 bits per heavy atom. The van der Waals surface area contributed by atoms with Gasteiger partial charge in [0.05, 0.1) is 6.20 Å². The third-order valence-electron chi connectivity index (χ3n) is 3.81. The molecule has 2 N–H and O–H groups in total. The van der Waals surface area contributed by atoms with Crippen LogP contribution in [0, 0.1) is 5.92 Å². The Hall–Kier alpha value is -2.47. The number of ether oxygens (including phenoxy) is 1. The molecule has 0 radical (unpaired) electrons. The number of carbonyl (C=O) groups is 1. The van der Waals surface area contributed by atoms with Crippen LogP contribution in [-0.4, -0.2) is 35.5 Å². The van der Waals surface area contributed by atoms with Gasteiger partial charge in [-0.3, -0.25) is 9.78 Å². The zero-order valence-corrected chi connectivity index (χ0v) is 12.9. The number of rotatable bonds is 5. The van der Waals surface area contributed by atoms with Crippen LogP contribution in [0.4, 0.5) is 0 Å². The molecule has 1 aromatic heterocycles. The van der Waals surface area contributed by atoms with Crippen molar-refractivity contribution in [3.63, 3.8) is 0 Å². The van der Waals surface area contributed by atoms with Crippen molar-refractivity contribution in [2.45, 2.75) is 12.8 Å². The molecular weight excluding hydrogens is 292 g/mol. The molecule has 23 heavy (non-hydrogen) atoms. The van der Waals surface area contributed by atoms with E-state index in [1.165, 1.54) is 12.6 Å². The lowest BCUT2D eigenvalue weighted by atomic mass is 9.99. The molecule has 0 spiro atoms. The highest BCUT2D eigenvalue weighted by Gasteiger charge is 2.14. The number of carbonyl (C=O) groups excluding carboxylic acids is 1. The van der Waals surface area contributed by atoms with Gasteiger partial charge < -0.3 is 15.4 Å². The maximum Gasteiger partial charge on any atom is 0.251 e. The summed E-state index contributed by atoms with van der Waals surface area (Å²) in [6.07, 6.45) is 6.99. The molecule has 1 saturated heterocycles. The molecule has 3 rings (SSSR count). The predicted octanol–water partition coefficient (Wildman–Crippen LogP) is 2.00. The maximum atomic E-state index is 12.3. The van der Waals surface area contributed by atoms with Crippen molar-refractivity contribution in [2.24, 2.45) is 5.92 Å². The lowest BCUT2D eigenvalue weighted by molar-refractivity contribution is 0.0944. The van der Waals surface area contributed by atoms with Crippen LogP contribution in [0.5, 0.6) is 11.6 Å². The standard InChI is InChI=1S/C17H20N4O2/c22-17(21-11-13-3-2-6-18-10-13)14-4-1-5-15(9-14)23-16-12-19-7-8-20-16/h1,4-5,7-9,12-13,18H,2-3,6,10-11H2,(H,21,22). The second-order valence-corrected chi connectivity index (χ2v) is 5.60. The van der Waals surface area contributed by atoms with Gasteiger partial charge in [-0.1, -0.05) is 6.07 Å².